The highest BCUT2D eigenvalue weighted by Crippen LogP contribution is 2.41. The fraction of sp³-hybridized carbons (Fsp3) is 0.611. The Labute approximate surface area is 128 Å². The van der Waals surface area contributed by atoms with Gasteiger partial charge < -0.3 is 10.1 Å². The summed E-state index contributed by atoms with van der Waals surface area (Å²) in [5.41, 5.74) is 0.860. The van der Waals surface area contributed by atoms with Crippen LogP contribution in [0.1, 0.15) is 51.5 Å². The molecule has 2 rings (SSSR count). The molecule has 21 heavy (non-hydrogen) atoms. The van der Waals surface area contributed by atoms with Crippen molar-refractivity contribution in [2.75, 3.05) is 13.2 Å². The third-order valence-corrected chi connectivity index (χ3v) is 4.28. The van der Waals surface area contributed by atoms with E-state index in [0.717, 1.165) is 32.1 Å². The molecule has 1 fully saturated rings. The number of rotatable bonds is 7. The molecule has 0 aromatic heterocycles. The van der Waals surface area contributed by atoms with Crippen LogP contribution in [0.2, 0.25) is 0 Å². The highest BCUT2D eigenvalue weighted by atomic mass is 16.5. The number of amides is 1. The van der Waals surface area contributed by atoms with E-state index in [9.17, 15) is 4.79 Å². The lowest BCUT2D eigenvalue weighted by Gasteiger charge is -2.28. The van der Waals surface area contributed by atoms with Gasteiger partial charge in [0.15, 0.2) is 0 Å². The van der Waals surface area contributed by atoms with E-state index in [2.05, 4.69) is 17.4 Å². The number of ether oxygens (including phenoxy) is 1. The van der Waals surface area contributed by atoms with Crippen LogP contribution in [0.15, 0.2) is 30.3 Å². The third kappa shape index (κ3) is 4.07. The van der Waals surface area contributed by atoms with Crippen LogP contribution in [-0.2, 0) is 14.9 Å². The van der Waals surface area contributed by atoms with Gasteiger partial charge in [-0.3, -0.25) is 4.79 Å². The highest BCUT2D eigenvalue weighted by molar-refractivity contribution is 5.88. The normalized spacial score (nSPS) is 17.1. The lowest BCUT2D eigenvalue weighted by atomic mass is 9.78. The SMILES string of the molecule is CC(C)OCCCNC(=O)C1(c2ccccc2)CCCC1. The Balaban J connectivity index is 1.91. The average Bonchev–Trinajstić information content (AvgIpc) is 2.98. The summed E-state index contributed by atoms with van der Waals surface area (Å²) < 4.78 is 5.51. The van der Waals surface area contributed by atoms with Crippen LogP contribution in [0.5, 0.6) is 0 Å². The molecule has 0 heterocycles. The minimum Gasteiger partial charge on any atom is -0.379 e. The van der Waals surface area contributed by atoms with Gasteiger partial charge in [0.1, 0.15) is 0 Å². The van der Waals surface area contributed by atoms with Gasteiger partial charge >= 0.3 is 0 Å². The molecule has 0 radical (unpaired) electrons. The molecule has 0 saturated heterocycles. The van der Waals surface area contributed by atoms with Crippen molar-refractivity contribution < 1.29 is 9.53 Å². The summed E-state index contributed by atoms with van der Waals surface area (Å²) in [6.45, 7) is 5.46. The van der Waals surface area contributed by atoms with Crippen molar-refractivity contribution in [1.82, 2.24) is 5.32 Å². The molecule has 116 valence electrons. The molecular formula is C18H27NO2. The lowest BCUT2D eigenvalue weighted by Crippen LogP contribution is -2.43. The van der Waals surface area contributed by atoms with Crippen LogP contribution < -0.4 is 5.32 Å². The Morgan fingerprint density at radius 1 is 1.24 bits per heavy atom. The van der Waals surface area contributed by atoms with E-state index in [1.807, 2.05) is 32.0 Å². The zero-order valence-electron chi connectivity index (χ0n) is 13.2. The lowest BCUT2D eigenvalue weighted by molar-refractivity contribution is -0.126. The molecule has 0 unspecified atom stereocenters. The van der Waals surface area contributed by atoms with Gasteiger partial charge in [0, 0.05) is 13.2 Å². The average molecular weight is 289 g/mol. The monoisotopic (exact) mass is 289 g/mol. The van der Waals surface area contributed by atoms with Crippen LogP contribution in [0.3, 0.4) is 0 Å². The predicted molar refractivity (Wildman–Crippen MR) is 85.3 cm³/mol. The summed E-state index contributed by atoms with van der Waals surface area (Å²) in [6, 6.07) is 10.2. The van der Waals surface area contributed by atoms with Crippen molar-refractivity contribution >= 4 is 5.91 Å². The molecule has 1 amide bonds. The van der Waals surface area contributed by atoms with Crippen molar-refractivity contribution in [3.8, 4) is 0 Å². The van der Waals surface area contributed by atoms with Crippen molar-refractivity contribution in [1.29, 1.82) is 0 Å². The summed E-state index contributed by atoms with van der Waals surface area (Å²) in [4.78, 5) is 12.7. The quantitative estimate of drug-likeness (QED) is 0.781. The summed E-state index contributed by atoms with van der Waals surface area (Å²) >= 11 is 0. The number of nitrogens with one attached hydrogen (secondary N) is 1. The van der Waals surface area contributed by atoms with Crippen LogP contribution in [0, 0.1) is 0 Å². The first-order chi connectivity index (χ1) is 10.1. The zero-order valence-corrected chi connectivity index (χ0v) is 13.2. The Bertz CT molecular complexity index is 436. The first kappa shape index (κ1) is 16.0. The predicted octanol–water partition coefficient (Wildman–Crippen LogP) is 3.43. The van der Waals surface area contributed by atoms with E-state index in [1.165, 1.54) is 5.56 Å². The topological polar surface area (TPSA) is 38.3 Å². The van der Waals surface area contributed by atoms with E-state index in [-0.39, 0.29) is 17.4 Å². The van der Waals surface area contributed by atoms with Crippen LogP contribution >= 0.6 is 0 Å². The fourth-order valence-corrected chi connectivity index (χ4v) is 3.14. The maximum atomic E-state index is 12.7. The minimum absolute atomic E-state index is 0.191. The molecule has 1 N–H and O–H groups in total. The van der Waals surface area contributed by atoms with Crippen molar-refractivity contribution in [3.05, 3.63) is 35.9 Å². The van der Waals surface area contributed by atoms with Crippen LogP contribution in [0.4, 0.5) is 0 Å². The van der Waals surface area contributed by atoms with Crippen molar-refractivity contribution in [2.24, 2.45) is 0 Å². The molecular weight excluding hydrogens is 262 g/mol. The Kier molecular flexibility index (Phi) is 5.80. The van der Waals surface area contributed by atoms with Gasteiger partial charge in [-0.05, 0) is 38.7 Å². The van der Waals surface area contributed by atoms with Gasteiger partial charge in [-0.15, -0.1) is 0 Å². The molecule has 0 bridgehead atoms. The van der Waals surface area contributed by atoms with Crippen LogP contribution in [-0.4, -0.2) is 25.2 Å². The summed E-state index contributed by atoms with van der Waals surface area (Å²) in [6.07, 6.45) is 5.33. The summed E-state index contributed by atoms with van der Waals surface area (Å²) in [5.74, 6) is 0.191. The minimum atomic E-state index is -0.305. The molecule has 1 aromatic carbocycles. The Morgan fingerprint density at radius 2 is 1.90 bits per heavy atom. The number of benzene rings is 1. The Hall–Kier alpha value is -1.35. The van der Waals surface area contributed by atoms with E-state index in [4.69, 9.17) is 4.74 Å². The van der Waals surface area contributed by atoms with Gasteiger partial charge in [0.25, 0.3) is 0 Å². The molecule has 1 aliphatic carbocycles. The molecule has 3 heteroatoms. The molecule has 3 nitrogen and oxygen atoms in total. The molecule has 0 atom stereocenters. The van der Waals surface area contributed by atoms with E-state index >= 15 is 0 Å². The van der Waals surface area contributed by atoms with E-state index in [1.54, 1.807) is 0 Å². The van der Waals surface area contributed by atoms with E-state index < -0.39 is 0 Å². The van der Waals surface area contributed by atoms with Crippen molar-refractivity contribution in [2.45, 2.75) is 57.5 Å². The molecule has 1 saturated carbocycles. The number of carbonyl (C=O) groups excluding carboxylic acids is 1. The molecule has 1 aliphatic rings. The van der Waals surface area contributed by atoms with Gasteiger partial charge in [-0.25, -0.2) is 0 Å². The highest BCUT2D eigenvalue weighted by Gasteiger charge is 2.42. The second-order valence-corrected chi connectivity index (χ2v) is 6.18. The molecule has 0 aliphatic heterocycles. The number of hydrogen-bond acceptors (Lipinski definition) is 2. The summed E-state index contributed by atoms with van der Waals surface area (Å²) in [7, 11) is 0. The van der Waals surface area contributed by atoms with Crippen LogP contribution in [0.25, 0.3) is 0 Å². The second-order valence-electron chi connectivity index (χ2n) is 6.18. The van der Waals surface area contributed by atoms with E-state index in [0.29, 0.717) is 13.2 Å². The summed E-state index contributed by atoms with van der Waals surface area (Å²) in [5, 5.41) is 3.12. The van der Waals surface area contributed by atoms with Crippen molar-refractivity contribution in [3.63, 3.8) is 0 Å². The standard InChI is InChI=1S/C18H27NO2/c1-15(2)21-14-8-13-19-17(20)18(11-6-7-12-18)16-9-4-3-5-10-16/h3-5,9-10,15H,6-8,11-14H2,1-2H3,(H,19,20). The maximum Gasteiger partial charge on any atom is 0.230 e. The molecule has 0 spiro atoms. The number of carbonyl (C=O) groups is 1. The third-order valence-electron chi connectivity index (χ3n) is 4.28. The number of hydrogen-bond donors (Lipinski definition) is 1. The smallest absolute Gasteiger partial charge is 0.230 e. The van der Waals surface area contributed by atoms with Gasteiger partial charge in [0.05, 0.1) is 11.5 Å². The van der Waals surface area contributed by atoms with Gasteiger partial charge in [-0.2, -0.15) is 0 Å². The second kappa shape index (κ2) is 7.60. The fourth-order valence-electron chi connectivity index (χ4n) is 3.14. The first-order valence-electron chi connectivity index (χ1n) is 8.10. The zero-order chi connectivity index (χ0) is 15.1. The largest absolute Gasteiger partial charge is 0.379 e. The molecule has 1 aromatic rings. The van der Waals surface area contributed by atoms with Gasteiger partial charge in [0.2, 0.25) is 5.91 Å². The first-order valence-corrected chi connectivity index (χ1v) is 8.10. The maximum absolute atomic E-state index is 12.7. The Morgan fingerprint density at radius 3 is 2.52 bits per heavy atom. The van der Waals surface area contributed by atoms with Gasteiger partial charge in [-0.1, -0.05) is 43.2 Å².